The van der Waals surface area contributed by atoms with Crippen LogP contribution in [0.3, 0.4) is 0 Å². The number of rotatable bonds is 3. The zero-order valence-corrected chi connectivity index (χ0v) is 8.29. The highest BCUT2D eigenvalue weighted by Crippen LogP contribution is 2.19. The summed E-state index contributed by atoms with van der Waals surface area (Å²) in [5.41, 5.74) is 1.33. The summed E-state index contributed by atoms with van der Waals surface area (Å²) < 4.78 is 0. The number of unbranched alkanes of at least 4 members (excludes halogenated alkanes) is 1. The summed E-state index contributed by atoms with van der Waals surface area (Å²) in [7, 11) is 0. The summed E-state index contributed by atoms with van der Waals surface area (Å²) in [4.78, 5) is 0. The highest BCUT2D eigenvalue weighted by Gasteiger charge is 1.98. The van der Waals surface area contributed by atoms with Gasteiger partial charge in [-0.3, -0.25) is 0 Å². The van der Waals surface area contributed by atoms with Crippen LogP contribution in [-0.2, 0) is 6.42 Å². The van der Waals surface area contributed by atoms with Crippen molar-refractivity contribution in [2.75, 3.05) is 0 Å². The summed E-state index contributed by atoms with van der Waals surface area (Å²) >= 11 is 0. The van der Waals surface area contributed by atoms with E-state index < -0.39 is 0 Å². The van der Waals surface area contributed by atoms with E-state index in [1.807, 2.05) is 6.07 Å². The molecule has 2 rings (SSSR count). The lowest BCUT2D eigenvalue weighted by Gasteiger charge is -2.04. The van der Waals surface area contributed by atoms with Crippen LogP contribution in [0.1, 0.15) is 18.4 Å². The van der Waals surface area contributed by atoms with Gasteiger partial charge < -0.3 is 0 Å². The predicted octanol–water partition coefficient (Wildman–Crippen LogP) is 3.80. The second-order valence-electron chi connectivity index (χ2n) is 3.50. The molecule has 2 aromatic rings. The summed E-state index contributed by atoms with van der Waals surface area (Å²) in [6.45, 7) is 3.87. The Morgan fingerprint density at radius 1 is 1.14 bits per heavy atom. The summed E-state index contributed by atoms with van der Waals surface area (Å²) in [5.74, 6) is 0. The first kappa shape index (κ1) is 9.26. The van der Waals surface area contributed by atoms with Crippen LogP contribution >= 0.6 is 0 Å². The Morgan fingerprint density at radius 2 is 2.00 bits per heavy atom. The van der Waals surface area contributed by atoms with Gasteiger partial charge in [0.15, 0.2) is 0 Å². The van der Waals surface area contributed by atoms with E-state index in [0.29, 0.717) is 0 Å². The quantitative estimate of drug-likeness (QED) is 0.677. The maximum absolute atomic E-state index is 3.87. The molecule has 0 atom stereocenters. The molecule has 0 N–H and O–H groups in total. The summed E-state index contributed by atoms with van der Waals surface area (Å²) in [6.07, 6.45) is 3.23. The Morgan fingerprint density at radius 3 is 2.86 bits per heavy atom. The van der Waals surface area contributed by atoms with Crippen molar-refractivity contribution in [2.24, 2.45) is 0 Å². The van der Waals surface area contributed by atoms with E-state index in [2.05, 4.69) is 43.3 Å². The zero-order valence-electron chi connectivity index (χ0n) is 8.29. The van der Waals surface area contributed by atoms with Crippen LogP contribution in [0.4, 0.5) is 0 Å². The molecule has 0 saturated heterocycles. The lowest BCUT2D eigenvalue weighted by molar-refractivity contribution is 0.845. The van der Waals surface area contributed by atoms with Crippen molar-refractivity contribution in [3.05, 3.63) is 55.0 Å². The lowest BCUT2D eigenvalue weighted by Crippen LogP contribution is -1.86. The number of hydrogen-bond acceptors (Lipinski definition) is 0. The van der Waals surface area contributed by atoms with E-state index in [1.165, 1.54) is 16.3 Å². The van der Waals surface area contributed by atoms with E-state index in [0.717, 1.165) is 19.3 Å². The first-order chi connectivity index (χ1) is 6.92. The molecule has 14 heavy (non-hydrogen) atoms. The molecule has 0 saturated carbocycles. The molecule has 0 amide bonds. The Kier molecular flexibility index (Phi) is 2.83. The average Bonchev–Trinajstić information content (AvgIpc) is 2.26. The van der Waals surface area contributed by atoms with Gasteiger partial charge in [-0.2, -0.15) is 0 Å². The molecule has 2 radical (unpaired) electrons. The Bertz CT molecular complexity index is 410. The minimum absolute atomic E-state index is 0.997. The number of fused-ring (bicyclic) bond motifs is 1. The van der Waals surface area contributed by atoms with Crippen LogP contribution in [0.25, 0.3) is 10.8 Å². The SMILES string of the molecule is [CH2]CCCc1[c]ccc2ccccc12. The molecule has 0 aromatic heterocycles. The number of benzene rings is 2. The third-order valence-electron chi connectivity index (χ3n) is 2.48. The van der Waals surface area contributed by atoms with E-state index in [9.17, 15) is 0 Å². The lowest BCUT2D eigenvalue weighted by atomic mass is 10.0. The van der Waals surface area contributed by atoms with Crippen LogP contribution in [-0.4, -0.2) is 0 Å². The third-order valence-corrected chi connectivity index (χ3v) is 2.48. The van der Waals surface area contributed by atoms with E-state index in [4.69, 9.17) is 0 Å². The first-order valence-electron chi connectivity index (χ1n) is 5.09. The van der Waals surface area contributed by atoms with Crippen LogP contribution in [0.5, 0.6) is 0 Å². The maximum atomic E-state index is 3.87. The molecular formula is C14H14. The van der Waals surface area contributed by atoms with E-state index >= 15 is 0 Å². The molecule has 0 heterocycles. The molecule has 0 aliphatic rings. The second kappa shape index (κ2) is 4.28. The number of hydrogen-bond donors (Lipinski definition) is 0. The largest absolute Gasteiger partial charge is 0.0616 e. The predicted molar refractivity (Wildman–Crippen MR) is 61.1 cm³/mol. The van der Waals surface area contributed by atoms with Gasteiger partial charge in [-0.25, -0.2) is 0 Å². The average molecular weight is 182 g/mol. The standard InChI is InChI=1S/C14H14/c1-2-3-7-12-9-6-10-13-8-4-5-11-14(12)13/h4-6,8,10-11H,1-3,7H2. The van der Waals surface area contributed by atoms with E-state index in [1.54, 1.807) is 0 Å². The zero-order chi connectivity index (χ0) is 9.80. The molecule has 0 heteroatoms. The molecule has 0 bridgehead atoms. The fourth-order valence-corrected chi connectivity index (χ4v) is 1.74. The molecular weight excluding hydrogens is 168 g/mol. The van der Waals surface area contributed by atoms with Gasteiger partial charge in [0, 0.05) is 0 Å². The Balaban J connectivity index is 2.43. The first-order valence-corrected chi connectivity index (χ1v) is 5.09. The van der Waals surface area contributed by atoms with Crippen molar-refractivity contribution in [1.29, 1.82) is 0 Å². The van der Waals surface area contributed by atoms with Crippen molar-refractivity contribution < 1.29 is 0 Å². The fourth-order valence-electron chi connectivity index (χ4n) is 1.74. The van der Waals surface area contributed by atoms with Gasteiger partial charge in [0.1, 0.15) is 0 Å². The van der Waals surface area contributed by atoms with Gasteiger partial charge in [0.05, 0.1) is 0 Å². The van der Waals surface area contributed by atoms with Crippen LogP contribution in [0.15, 0.2) is 36.4 Å². The summed E-state index contributed by atoms with van der Waals surface area (Å²) in [6, 6.07) is 15.9. The van der Waals surface area contributed by atoms with Crippen LogP contribution < -0.4 is 0 Å². The molecule has 0 spiro atoms. The van der Waals surface area contributed by atoms with Crippen LogP contribution in [0.2, 0.25) is 0 Å². The minimum atomic E-state index is 0.997. The molecule has 2 aromatic carbocycles. The molecule has 0 aliphatic heterocycles. The highest BCUT2D eigenvalue weighted by atomic mass is 14.0. The van der Waals surface area contributed by atoms with Crippen molar-refractivity contribution >= 4 is 10.8 Å². The van der Waals surface area contributed by atoms with Gasteiger partial charge in [-0.05, 0) is 35.2 Å². The Hall–Kier alpha value is -1.30. The number of aryl methyl sites for hydroxylation is 1. The normalized spacial score (nSPS) is 10.6. The summed E-state index contributed by atoms with van der Waals surface area (Å²) in [5, 5.41) is 2.65. The molecule has 0 aliphatic carbocycles. The minimum Gasteiger partial charge on any atom is -0.0616 e. The monoisotopic (exact) mass is 182 g/mol. The third kappa shape index (κ3) is 1.79. The van der Waals surface area contributed by atoms with Crippen molar-refractivity contribution in [3.8, 4) is 0 Å². The molecule has 0 fully saturated rings. The van der Waals surface area contributed by atoms with Crippen molar-refractivity contribution in [1.82, 2.24) is 0 Å². The highest BCUT2D eigenvalue weighted by molar-refractivity contribution is 5.85. The van der Waals surface area contributed by atoms with Crippen molar-refractivity contribution in [3.63, 3.8) is 0 Å². The van der Waals surface area contributed by atoms with Crippen molar-refractivity contribution in [2.45, 2.75) is 19.3 Å². The maximum Gasteiger partial charge on any atom is -0.0143 e. The van der Waals surface area contributed by atoms with E-state index in [-0.39, 0.29) is 0 Å². The van der Waals surface area contributed by atoms with Crippen LogP contribution in [0, 0.1) is 13.0 Å². The van der Waals surface area contributed by atoms with Gasteiger partial charge >= 0.3 is 0 Å². The van der Waals surface area contributed by atoms with Gasteiger partial charge in [-0.1, -0.05) is 49.7 Å². The van der Waals surface area contributed by atoms with Gasteiger partial charge in [0.2, 0.25) is 0 Å². The topological polar surface area (TPSA) is 0 Å². The second-order valence-corrected chi connectivity index (χ2v) is 3.50. The molecule has 0 nitrogen and oxygen atoms in total. The van der Waals surface area contributed by atoms with Gasteiger partial charge in [0.25, 0.3) is 0 Å². The molecule has 70 valence electrons. The molecule has 0 unspecified atom stereocenters. The smallest absolute Gasteiger partial charge is 0.0143 e. The Labute approximate surface area is 85.6 Å². The van der Waals surface area contributed by atoms with Gasteiger partial charge in [-0.15, -0.1) is 0 Å². The fraction of sp³-hybridized carbons (Fsp3) is 0.214.